The van der Waals surface area contributed by atoms with Crippen LogP contribution in [-0.4, -0.2) is 55.1 Å². The summed E-state index contributed by atoms with van der Waals surface area (Å²) in [6.07, 6.45) is 0. The van der Waals surface area contributed by atoms with Crippen LogP contribution in [0, 0.1) is 0 Å². The van der Waals surface area contributed by atoms with Crippen molar-refractivity contribution in [2.24, 2.45) is 5.73 Å². The molecule has 0 saturated carbocycles. The summed E-state index contributed by atoms with van der Waals surface area (Å²) < 4.78 is 0. The van der Waals surface area contributed by atoms with E-state index in [9.17, 15) is 4.79 Å². The number of piperazine rings is 1. The van der Waals surface area contributed by atoms with Gasteiger partial charge in [-0.1, -0.05) is 60.7 Å². The monoisotopic (exact) mass is 338 g/mol. The van der Waals surface area contributed by atoms with Gasteiger partial charge in [0.1, 0.15) is 0 Å². The van der Waals surface area contributed by atoms with E-state index < -0.39 is 0 Å². The number of benzene rings is 2. The summed E-state index contributed by atoms with van der Waals surface area (Å²) in [7, 11) is 0. The van der Waals surface area contributed by atoms with Crippen LogP contribution in [-0.2, 0) is 0 Å². The normalized spacial score (nSPS) is 15.4. The molecular weight excluding hydrogens is 312 g/mol. The number of nitrogens with zero attached hydrogens (tertiary/aromatic N) is 2. The molecule has 1 heterocycles. The van der Waals surface area contributed by atoms with Crippen molar-refractivity contribution in [1.82, 2.24) is 15.1 Å². The molecule has 0 aromatic heterocycles. The number of carbonyl (C=O) groups excluding carboxylic acids is 1. The van der Waals surface area contributed by atoms with E-state index in [1.165, 1.54) is 0 Å². The molecule has 2 aromatic carbocycles. The van der Waals surface area contributed by atoms with Crippen molar-refractivity contribution in [3.05, 3.63) is 71.8 Å². The minimum atomic E-state index is -0.142. The summed E-state index contributed by atoms with van der Waals surface area (Å²) >= 11 is 0. The molecule has 0 spiro atoms. The van der Waals surface area contributed by atoms with Gasteiger partial charge in [0, 0.05) is 39.3 Å². The van der Waals surface area contributed by atoms with Gasteiger partial charge in [0.05, 0.1) is 6.04 Å². The number of nitrogens with one attached hydrogen (secondary N) is 1. The molecule has 2 amide bonds. The van der Waals surface area contributed by atoms with Gasteiger partial charge >= 0.3 is 6.03 Å². The predicted molar refractivity (Wildman–Crippen MR) is 100 cm³/mol. The first kappa shape index (κ1) is 17.5. The Morgan fingerprint density at radius 3 is 1.92 bits per heavy atom. The van der Waals surface area contributed by atoms with E-state index >= 15 is 0 Å². The SMILES string of the molecule is NCCN1CCN(C(=O)NC(c2ccccc2)c2ccccc2)CC1. The first-order valence-corrected chi connectivity index (χ1v) is 8.85. The van der Waals surface area contributed by atoms with Gasteiger partial charge in [-0.3, -0.25) is 4.90 Å². The average Bonchev–Trinajstić information content (AvgIpc) is 2.68. The fourth-order valence-corrected chi connectivity index (χ4v) is 3.22. The van der Waals surface area contributed by atoms with Crippen LogP contribution >= 0.6 is 0 Å². The topological polar surface area (TPSA) is 61.6 Å². The molecule has 0 unspecified atom stereocenters. The number of rotatable bonds is 5. The van der Waals surface area contributed by atoms with Crippen LogP contribution in [0.2, 0.25) is 0 Å². The van der Waals surface area contributed by atoms with Gasteiger partial charge in [0.2, 0.25) is 0 Å². The molecule has 0 bridgehead atoms. The molecule has 132 valence electrons. The lowest BCUT2D eigenvalue weighted by Crippen LogP contribution is -2.53. The summed E-state index contributed by atoms with van der Waals surface area (Å²) in [6.45, 7) is 4.80. The first-order chi connectivity index (χ1) is 12.3. The van der Waals surface area contributed by atoms with E-state index in [1.807, 2.05) is 41.3 Å². The third-order valence-corrected chi connectivity index (χ3v) is 4.64. The zero-order valence-corrected chi connectivity index (χ0v) is 14.5. The van der Waals surface area contributed by atoms with Crippen LogP contribution in [0.3, 0.4) is 0 Å². The highest BCUT2D eigenvalue weighted by Crippen LogP contribution is 2.22. The second kappa shape index (κ2) is 8.65. The third-order valence-electron chi connectivity index (χ3n) is 4.64. The van der Waals surface area contributed by atoms with Crippen LogP contribution < -0.4 is 11.1 Å². The number of urea groups is 1. The number of nitrogens with two attached hydrogens (primary N) is 1. The van der Waals surface area contributed by atoms with E-state index in [0.29, 0.717) is 6.54 Å². The van der Waals surface area contributed by atoms with Gasteiger partial charge in [-0.25, -0.2) is 4.79 Å². The molecule has 3 rings (SSSR count). The van der Waals surface area contributed by atoms with Gasteiger partial charge in [-0.2, -0.15) is 0 Å². The highest BCUT2D eigenvalue weighted by Gasteiger charge is 2.24. The molecule has 1 saturated heterocycles. The van der Waals surface area contributed by atoms with Crippen LogP contribution in [0.1, 0.15) is 17.2 Å². The zero-order valence-electron chi connectivity index (χ0n) is 14.5. The molecule has 0 atom stereocenters. The summed E-state index contributed by atoms with van der Waals surface area (Å²) in [5, 5.41) is 3.21. The van der Waals surface area contributed by atoms with Crippen molar-refractivity contribution >= 4 is 6.03 Å². The summed E-state index contributed by atoms with van der Waals surface area (Å²) in [4.78, 5) is 17.0. The molecule has 0 radical (unpaired) electrons. The zero-order chi connectivity index (χ0) is 17.5. The van der Waals surface area contributed by atoms with Gasteiger partial charge in [-0.15, -0.1) is 0 Å². The Balaban J connectivity index is 1.70. The smallest absolute Gasteiger partial charge is 0.318 e. The van der Waals surface area contributed by atoms with Crippen LogP contribution in [0.5, 0.6) is 0 Å². The van der Waals surface area contributed by atoms with E-state index in [4.69, 9.17) is 5.73 Å². The number of carbonyl (C=O) groups is 1. The molecule has 0 aliphatic carbocycles. The Labute approximate surface area is 149 Å². The molecule has 3 N–H and O–H groups in total. The Morgan fingerprint density at radius 2 is 1.44 bits per heavy atom. The quantitative estimate of drug-likeness (QED) is 0.877. The number of hydrogen-bond acceptors (Lipinski definition) is 3. The van der Waals surface area contributed by atoms with Gasteiger partial charge in [0.15, 0.2) is 0 Å². The maximum absolute atomic E-state index is 12.8. The van der Waals surface area contributed by atoms with Crippen molar-refractivity contribution in [3.8, 4) is 0 Å². The number of amides is 2. The molecular formula is C20H26N4O. The van der Waals surface area contributed by atoms with E-state index in [0.717, 1.165) is 43.9 Å². The summed E-state index contributed by atoms with van der Waals surface area (Å²) in [5.41, 5.74) is 7.79. The summed E-state index contributed by atoms with van der Waals surface area (Å²) in [6, 6.07) is 20.1. The molecule has 5 heteroatoms. The van der Waals surface area contributed by atoms with Gasteiger partial charge in [-0.05, 0) is 11.1 Å². The Morgan fingerprint density at radius 1 is 0.920 bits per heavy atom. The minimum Gasteiger partial charge on any atom is -0.329 e. The van der Waals surface area contributed by atoms with Crippen molar-refractivity contribution in [1.29, 1.82) is 0 Å². The van der Waals surface area contributed by atoms with Gasteiger partial charge < -0.3 is 16.0 Å². The van der Waals surface area contributed by atoms with Crippen molar-refractivity contribution < 1.29 is 4.79 Å². The van der Waals surface area contributed by atoms with Crippen LogP contribution in [0.25, 0.3) is 0 Å². The standard InChI is InChI=1S/C20H26N4O/c21-11-12-23-13-15-24(16-14-23)20(25)22-19(17-7-3-1-4-8-17)18-9-5-2-6-10-18/h1-10,19H,11-16,21H2,(H,22,25). The Hall–Kier alpha value is -2.37. The second-order valence-electron chi connectivity index (χ2n) is 6.32. The van der Waals surface area contributed by atoms with Crippen molar-refractivity contribution in [2.75, 3.05) is 39.3 Å². The lowest BCUT2D eigenvalue weighted by Gasteiger charge is -2.35. The molecule has 25 heavy (non-hydrogen) atoms. The Kier molecular flexibility index (Phi) is 6.04. The predicted octanol–water partition coefficient (Wildman–Crippen LogP) is 2.06. The second-order valence-corrected chi connectivity index (χ2v) is 6.32. The summed E-state index contributed by atoms with van der Waals surface area (Å²) in [5.74, 6) is 0. The van der Waals surface area contributed by atoms with E-state index in [-0.39, 0.29) is 12.1 Å². The van der Waals surface area contributed by atoms with Crippen molar-refractivity contribution in [3.63, 3.8) is 0 Å². The van der Waals surface area contributed by atoms with E-state index in [1.54, 1.807) is 0 Å². The Bertz CT molecular complexity index is 614. The number of hydrogen-bond donors (Lipinski definition) is 2. The molecule has 1 fully saturated rings. The minimum absolute atomic E-state index is 0.00916. The molecule has 1 aliphatic rings. The lowest BCUT2D eigenvalue weighted by molar-refractivity contribution is 0.140. The van der Waals surface area contributed by atoms with Crippen LogP contribution in [0.15, 0.2) is 60.7 Å². The largest absolute Gasteiger partial charge is 0.329 e. The highest BCUT2D eigenvalue weighted by molar-refractivity contribution is 5.75. The fraction of sp³-hybridized carbons (Fsp3) is 0.350. The van der Waals surface area contributed by atoms with Crippen LogP contribution in [0.4, 0.5) is 4.79 Å². The molecule has 5 nitrogen and oxygen atoms in total. The van der Waals surface area contributed by atoms with E-state index in [2.05, 4.69) is 34.5 Å². The maximum Gasteiger partial charge on any atom is 0.318 e. The molecule has 1 aliphatic heterocycles. The lowest BCUT2D eigenvalue weighted by atomic mass is 9.99. The fourth-order valence-electron chi connectivity index (χ4n) is 3.22. The maximum atomic E-state index is 12.8. The first-order valence-electron chi connectivity index (χ1n) is 8.85. The highest BCUT2D eigenvalue weighted by atomic mass is 16.2. The van der Waals surface area contributed by atoms with Gasteiger partial charge in [0.25, 0.3) is 0 Å². The molecule has 2 aromatic rings. The average molecular weight is 338 g/mol. The third kappa shape index (κ3) is 4.59. The van der Waals surface area contributed by atoms with Crippen molar-refractivity contribution in [2.45, 2.75) is 6.04 Å².